The van der Waals surface area contributed by atoms with Crippen molar-refractivity contribution in [3.63, 3.8) is 0 Å². The molecule has 0 aliphatic carbocycles. The molecule has 1 aliphatic heterocycles. The lowest BCUT2D eigenvalue weighted by Gasteiger charge is -2.40. The van der Waals surface area contributed by atoms with Gasteiger partial charge in [-0.1, -0.05) is 42.8 Å². The molecule has 0 saturated carbocycles. The summed E-state index contributed by atoms with van der Waals surface area (Å²) < 4.78 is 19.0. The van der Waals surface area contributed by atoms with Crippen LogP contribution in [0.15, 0.2) is 54.9 Å². The van der Waals surface area contributed by atoms with Crippen molar-refractivity contribution < 1.29 is 24.4 Å². The van der Waals surface area contributed by atoms with Crippen molar-refractivity contribution in [1.82, 2.24) is 9.97 Å². The Morgan fingerprint density at radius 3 is 2.28 bits per heavy atom. The number of ether oxygens (including phenoxy) is 1. The number of aliphatic hydroxyl groups is 3. The van der Waals surface area contributed by atoms with Crippen LogP contribution in [-0.2, 0) is 11.2 Å². The Kier molecular flexibility index (Phi) is 6.83. The van der Waals surface area contributed by atoms with Gasteiger partial charge in [-0.05, 0) is 41.3 Å². The van der Waals surface area contributed by atoms with Crippen LogP contribution in [0.3, 0.4) is 0 Å². The van der Waals surface area contributed by atoms with Gasteiger partial charge in [0.15, 0.2) is 0 Å². The summed E-state index contributed by atoms with van der Waals surface area (Å²) in [6.45, 7) is 1.84. The molecule has 168 valence electrons. The van der Waals surface area contributed by atoms with Crippen LogP contribution in [0.4, 0.5) is 4.39 Å². The Labute approximate surface area is 190 Å². The fourth-order valence-electron chi connectivity index (χ4n) is 3.88. The van der Waals surface area contributed by atoms with Gasteiger partial charge >= 0.3 is 0 Å². The van der Waals surface area contributed by atoms with Gasteiger partial charge in [0, 0.05) is 29.4 Å². The summed E-state index contributed by atoms with van der Waals surface area (Å²) in [4.78, 5) is 8.80. The summed E-state index contributed by atoms with van der Waals surface area (Å²) in [5.41, 5.74) is 2.96. The molecule has 1 aliphatic rings. The van der Waals surface area contributed by atoms with E-state index in [1.54, 1.807) is 42.7 Å². The third kappa shape index (κ3) is 4.67. The van der Waals surface area contributed by atoms with Gasteiger partial charge in [-0.2, -0.15) is 0 Å². The van der Waals surface area contributed by atoms with Crippen molar-refractivity contribution in [1.29, 1.82) is 0 Å². The molecule has 0 amide bonds. The minimum absolute atomic E-state index is 0.305. The molecular formula is C24H24ClFN2O4. The van der Waals surface area contributed by atoms with E-state index in [1.807, 2.05) is 6.92 Å². The Morgan fingerprint density at radius 1 is 0.938 bits per heavy atom. The molecule has 3 aromatic rings. The van der Waals surface area contributed by atoms with Crippen LogP contribution in [0.1, 0.15) is 36.4 Å². The molecular weight excluding hydrogens is 435 g/mol. The van der Waals surface area contributed by atoms with Crippen molar-refractivity contribution in [2.24, 2.45) is 0 Å². The largest absolute Gasteiger partial charge is 0.388 e. The average Bonchev–Trinajstić information content (AvgIpc) is 2.80. The first-order valence-electron chi connectivity index (χ1n) is 10.4. The number of nitrogens with zero attached hydrogens (tertiary/aromatic N) is 2. The number of hydrogen-bond donors (Lipinski definition) is 3. The zero-order valence-corrected chi connectivity index (χ0v) is 18.2. The zero-order chi connectivity index (χ0) is 22.8. The number of aromatic nitrogens is 2. The van der Waals surface area contributed by atoms with E-state index < -0.39 is 30.5 Å². The standard InChI is InChI=1S/C24H24ClFN2O4/c1-2-19-21(29)22(30)23(31)24(32-19)14-5-8-18(25)15(9-14)10-20-27-11-16(12-28-20)13-3-6-17(26)7-4-13/h3-9,11-12,19,21-24,29-31H,2,10H2,1H3/t19-,21-,22+,23-,24+/m1/s1. The van der Waals surface area contributed by atoms with Crippen LogP contribution in [0.5, 0.6) is 0 Å². The quantitative estimate of drug-likeness (QED) is 0.542. The van der Waals surface area contributed by atoms with E-state index in [0.717, 1.165) is 16.7 Å². The van der Waals surface area contributed by atoms with Crippen LogP contribution in [0.25, 0.3) is 11.1 Å². The van der Waals surface area contributed by atoms with Gasteiger partial charge in [-0.25, -0.2) is 14.4 Å². The van der Waals surface area contributed by atoms with Crippen molar-refractivity contribution in [2.75, 3.05) is 0 Å². The minimum Gasteiger partial charge on any atom is -0.388 e. The first-order valence-corrected chi connectivity index (χ1v) is 10.8. The molecule has 4 rings (SSSR count). The van der Waals surface area contributed by atoms with Gasteiger partial charge in [-0.15, -0.1) is 0 Å². The number of hydrogen-bond acceptors (Lipinski definition) is 6. The summed E-state index contributed by atoms with van der Waals surface area (Å²) >= 11 is 6.39. The Hall–Kier alpha value is -2.42. The van der Waals surface area contributed by atoms with Crippen molar-refractivity contribution in [2.45, 2.75) is 50.3 Å². The van der Waals surface area contributed by atoms with Gasteiger partial charge in [0.25, 0.3) is 0 Å². The van der Waals surface area contributed by atoms with Gasteiger partial charge in [-0.3, -0.25) is 0 Å². The summed E-state index contributed by atoms with van der Waals surface area (Å²) in [7, 11) is 0. The van der Waals surface area contributed by atoms with E-state index in [0.29, 0.717) is 29.3 Å². The van der Waals surface area contributed by atoms with E-state index in [-0.39, 0.29) is 5.82 Å². The van der Waals surface area contributed by atoms with Crippen LogP contribution >= 0.6 is 11.6 Å². The Balaban J connectivity index is 1.55. The van der Waals surface area contributed by atoms with Crippen molar-refractivity contribution in [3.8, 4) is 11.1 Å². The SMILES string of the molecule is CC[C@H]1O[C@@H](c2ccc(Cl)c(Cc3ncc(-c4ccc(F)cc4)cn3)c2)[C@H](O)[C@@H](O)[C@@H]1O. The van der Waals surface area contributed by atoms with Gasteiger partial charge in [0.2, 0.25) is 0 Å². The number of benzene rings is 2. The molecule has 1 fully saturated rings. The lowest BCUT2D eigenvalue weighted by Crippen LogP contribution is -2.53. The first kappa shape index (κ1) is 22.8. The zero-order valence-electron chi connectivity index (χ0n) is 17.4. The maximum absolute atomic E-state index is 13.1. The highest BCUT2D eigenvalue weighted by Gasteiger charge is 2.43. The van der Waals surface area contributed by atoms with E-state index in [1.165, 1.54) is 12.1 Å². The third-order valence-corrected chi connectivity index (χ3v) is 6.11. The molecule has 0 bridgehead atoms. The molecule has 1 saturated heterocycles. The molecule has 0 radical (unpaired) electrons. The number of aliphatic hydroxyl groups excluding tert-OH is 3. The normalized spacial score (nSPS) is 25.6. The van der Waals surface area contributed by atoms with Crippen LogP contribution in [-0.4, -0.2) is 49.7 Å². The van der Waals surface area contributed by atoms with E-state index in [4.69, 9.17) is 16.3 Å². The molecule has 5 atom stereocenters. The predicted octanol–water partition coefficient (Wildman–Crippen LogP) is 3.46. The summed E-state index contributed by atoms with van der Waals surface area (Å²) in [5.74, 6) is 0.238. The summed E-state index contributed by atoms with van der Waals surface area (Å²) in [6.07, 6.45) is -0.914. The predicted molar refractivity (Wildman–Crippen MR) is 118 cm³/mol. The lowest BCUT2D eigenvalue weighted by atomic mass is 9.89. The highest BCUT2D eigenvalue weighted by molar-refractivity contribution is 6.31. The summed E-state index contributed by atoms with van der Waals surface area (Å²) in [6, 6.07) is 11.3. The van der Waals surface area contributed by atoms with Gasteiger partial charge in [0.05, 0.1) is 6.10 Å². The van der Waals surface area contributed by atoms with E-state index in [2.05, 4.69) is 9.97 Å². The topological polar surface area (TPSA) is 95.7 Å². The Morgan fingerprint density at radius 2 is 1.62 bits per heavy atom. The molecule has 0 unspecified atom stereocenters. The second-order valence-corrected chi connectivity index (χ2v) is 8.30. The molecule has 2 aromatic carbocycles. The Bertz CT molecular complexity index is 1060. The molecule has 32 heavy (non-hydrogen) atoms. The fourth-order valence-corrected chi connectivity index (χ4v) is 4.06. The van der Waals surface area contributed by atoms with Crippen molar-refractivity contribution in [3.05, 3.63) is 82.6 Å². The second-order valence-electron chi connectivity index (χ2n) is 7.90. The number of halogens is 2. The fraction of sp³-hybridized carbons (Fsp3) is 0.333. The molecule has 0 spiro atoms. The van der Waals surface area contributed by atoms with Gasteiger partial charge < -0.3 is 20.1 Å². The smallest absolute Gasteiger partial charge is 0.132 e. The van der Waals surface area contributed by atoms with E-state index in [9.17, 15) is 19.7 Å². The molecule has 1 aromatic heterocycles. The average molecular weight is 459 g/mol. The van der Waals surface area contributed by atoms with Crippen molar-refractivity contribution >= 4 is 11.6 Å². The summed E-state index contributed by atoms with van der Waals surface area (Å²) in [5, 5.41) is 31.3. The minimum atomic E-state index is -1.31. The maximum Gasteiger partial charge on any atom is 0.132 e. The number of rotatable bonds is 5. The van der Waals surface area contributed by atoms with Crippen LogP contribution < -0.4 is 0 Å². The highest BCUT2D eigenvalue weighted by Crippen LogP contribution is 2.35. The van der Waals surface area contributed by atoms with Gasteiger partial charge in [0.1, 0.15) is 36.1 Å². The lowest BCUT2D eigenvalue weighted by molar-refractivity contribution is -0.225. The second kappa shape index (κ2) is 9.60. The molecule has 2 heterocycles. The monoisotopic (exact) mass is 458 g/mol. The van der Waals surface area contributed by atoms with Crippen LogP contribution in [0.2, 0.25) is 5.02 Å². The maximum atomic E-state index is 13.1. The highest BCUT2D eigenvalue weighted by atomic mass is 35.5. The molecule has 3 N–H and O–H groups in total. The third-order valence-electron chi connectivity index (χ3n) is 5.74. The molecule has 6 nitrogen and oxygen atoms in total. The van der Waals surface area contributed by atoms with Crippen LogP contribution in [0, 0.1) is 5.82 Å². The first-order chi connectivity index (χ1) is 15.4. The molecule has 8 heteroatoms. The van der Waals surface area contributed by atoms with E-state index >= 15 is 0 Å².